The molecular weight excluding hydrogens is 856 g/mol. The Kier molecular flexibility index (Phi) is 10.2. The number of sulfonamides is 1. The minimum absolute atomic E-state index is 0.0470. The van der Waals surface area contributed by atoms with Gasteiger partial charge in [-0.15, -0.1) is 0 Å². The number of nitrogens with zero attached hydrogens (tertiary/aromatic N) is 6. The van der Waals surface area contributed by atoms with E-state index in [1.807, 2.05) is 42.6 Å². The molecule has 3 aromatic heterocycles. The van der Waals surface area contributed by atoms with Gasteiger partial charge in [0.05, 0.1) is 43.0 Å². The molecule has 2 saturated heterocycles. The zero-order chi connectivity index (χ0) is 43.1. The highest BCUT2D eigenvalue weighted by molar-refractivity contribution is 7.91. The lowest BCUT2D eigenvalue weighted by Gasteiger charge is -2.24. The number of fused-ring (bicyclic) bond motifs is 3. The summed E-state index contributed by atoms with van der Waals surface area (Å²) >= 11 is 14.2. The molecule has 15 nitrogen and oxygen atoms in total. The summed E-state index contributed by atoms with van der Waals surface area (Å²) in [4.78, 5) is 43.7. The number of oxazole rings is 1. The first-order valence-electron chi connectivity index (χ1n) is 20.7. The maximum absolute atomic E-state index is 13.1. The zero-order valence-electron chi connectivity index (χ0n) is 33.6. The normalized spacial score (nSPS) is 21.1. The maximum Gasteiger partial charge on any atom is 0.317 e. The van der Waals surface area contributed by atoms with Crippen molar-refractivity contribution in [3.63, 3.8) is 0 Å². The summed E-state index contributed by atoms with van der Waals surface area (Å²) < 4.78 is 33.1. The van der Waals surface area contributed by atoms with Gasteiger partial charge in [0, 0.05) is 66.7 Å². The number of aliphatic hydroxyl groups is 1. The van der Waals surface area contributed by atoms with Crippen LogP contribution in [0, 0.1) is 16.0 Å². The number of β-amino-alcohol motifs (C(OH)–C–C–N with tert-alkyl or cyclic N) is 1. The van der Waals surface area contributed by atoms with Crippen molar-refractivity contribution in [3.8, 4) is 22.6 Å². The number of aliphatic hydroxyl groups excluding tert-OH is 1. The molecule has 4 aliphatic rings. The molecule has 1 saturated carbocycles. The Morgan fingerprint density at radius 1 is 1.02 bits per heavy atom. The summed E-state index contributed by atoms with van der Waals surface area (Å²) in [7, 11) is -3.76. The lowest BCUT2D eigenvalue weighted by Crippen LogP contribution is -2.42. The number of amides is 1. The van der Waals surface area contributed by atoms with Crippen molar-refractivity contribution >= 4 is 78.3 Å². The molecule has 62 heavy (non-hydrogen) atoms. The Hall–Kier alpha value is -5.23. The summed E-state index contributed by atoms with van der Waals surface area (Å²) in [6.45, 7) is 4.70. The Bertz CT molecular complexity index is 2940. The summed E-state index contributed by atoms with van der Waals surface area (Å²) in [6.07, 6.45) is 6.57. The maximum atomic E-state index is 13.1. The number of nitro benzene ring substituents is 1. The van der Waals surface area contributed by atoms with Crippen LogP contribution in [0.2, 0.25) is 10.0 Å². The van der Waals surface area contributed by atoms with E-state index in [1.54, 1.807) is 25.3 Å². The van der Waals surface area contributed by atoms with E-state index in [2.05, 4.69) is 30.9 Å². The molecule has 2 aliphatic heterocycles. The standard InChI is InChI=1S/C44H42Cl2N8O7S/c1-44(13-14-44)62(59,60)51-42(56)26-11-17-53(22-26)35-9-8-30-32(35)19-34-40(39(30)54(57)58)61-43(50-34)31-6-2-4-28(36(31)45)29-5-3-7-33(37(29)46)49-41-38-25(10-15-47-41)18-24(20-48-38)21-52-16-12-27(55)23-52/h2-7,10,15,18-20,26-27,35,55H,8-9,11-14,16-17,21-23H2,1H3,(H,47,49)(H,51,56)/t26-,27-,35-/m1/s1. The number of benzene rings is 3. The molecule has 18 heteroatoms. The van der Waals surface area contributed by atoms with Crippen molar-refractivity contribution in [2.24, 2.45) is 5.92 Å². The van der Waals surface area contributed by atoms with Crippen LogP contribution in [-0.4, -0.2) is 86.1 Å². The third-order valence-electron chi connectivity index (χ3n) is 13.0. The van der Waals surface area contributed by atoms with E-state index < -0.39 is 31.5 Å². The van der Waals surface area contributed by atoms with Crippen LogP contribution in [-0.2, 0) is 27.8 Å². The number of carbonyl (C=O) groups excluding carboxylic acids is 1. The summed E-state index contributed by atoms with van der Waals surface area (Å²) in [5.41, 5.74) is 5.42. The third-order valence-corrected chi connectivity index (χ3v) is 15.9. The molecule has 1 amide bonds. The van der Waals surface area contributed by atoms with Crippen LogP contribution in [0.1, 0.15) is 61.8 Å². The highest BCUT2D eigenvalue weighted by atomic mass is 35.5. The van der Waals surface area contributed by atoms with E-state index in [1.165, 1.54) is 0 Å². The number of nitro groups is 1. The second-order valence-corrected chi connectivity index (χ2v) is 20.0. The van der Waals surface area contributed by atoms with E-state index >= 15 is 0 Å². The van der Waals surface area contributed by atoms with Gasteiger partial charge in [-0.3, -0.25) is 34.4 Å². The number of hydrogen-bond acceptors (Lipinski definition) is 13. The highest BCUT2D eigenvalue weighted by Crippen LogP contribution is 2.48. The van der Waals surface area contributed by atoms with Crippen LogP contribution in [0.3, 0.4) is 0 Å². The molecule has 0 radical (unpaired) electrons. The van der Waals surface area contributed by atoms with Crippen LogP contribution in [0.4, 0.5) is 17.2 Å². The van der Waals surface area contributed by atoms with Gasteiger partial charge < -0.3 is 14.8 Å². The van der Waals surface area contributed by atoms with Crippen molar-refractivity contribution in [3.05, 3.63) is 104 Å². The first kappa shape index (κ1) is 40.8. The molecule has 3 atom stereocenters. The fraction of sp³-hybridized carbons (Fsp3) is 0.364. The van der Waals surface area contributed by atoms with Crippen molar-refractivity contribution in [2.45, 2.75) is 68.9 Å². The van der Waals surface area contributed by atoms with Crippen LogP contribution in [0.5, 0.6) is 0 Å². The largest absolute Gasteiger partial charge is 0.429 e. The van der Waals surface area contributed by atoms with Crippen molar-refractivity contribution in [1.29, 1.82) is 0 Å². The molecule has 320 valence electrons. The van der Waals surface area contributed by atoms with Crippen molar-refractivity contribution in [1.82, 2.24) is 29.5 Å². The van der Waals surface area contributed by atoms with E-state index in [-0.39, 0.29) is 34.3 Å². The fourth-order valence-corrected chi connectivity index (χ4v) is 11.1. The SMILES string of the molecule is CC1(S(=O)(=O)NC(=O)[C@@H]2CCN([C@@H]3CCc4c3cc3nc(-c5cccc(-c6cccc(Nc7nccc8cc(CN9CC[C@@H](O)C9)cnc78)c6Cl)c5Cl)oc3c4[N+](=O)[O-])C2)CC1. The average molecular weight is 898 g/mol. The van der Waals surface area contributed by atoms with Crippen LogP contribution >= 0.6 is 23.2 Å². The van der Waals surface area contributed by atoms with E-state index in [9.17, 15) is 28.4 Å². The number of pyridine rings is 2. The number of nitrogens with one attached hydrogen (secondary N) is 2. The van der Waals surface area contributed by atoms with Gasteiger partial charge in [-0.1, -0.05) is 47.5 Å². The molecule has 3 fully saturated rings. The molecule has 3 aromatic carbocycles. The van der Waals surface area contributed by atoms with Gasteiger partial charge in [0.25, 0.3) is 0 Å². The Labute approximate surface area is 366 Å². The minimum Gasteiger partial charge on any atom is -0.429 e. The van der Waals surface area contributed by atoms with Gasteiger partial charge >= 0.3 is 5.69 Å². The molecule has 2 aliphatic carbocycles. The Balaban J connectivity index is 0.915. The first-order valence-corrected chi connectivity index (χ1v) is 22.9. The lowest BCUT2D eigenvalue weighted by atomic mass is 10.0. The molecule has 0 bridgehead atoms. The fourth-order valence-electron chi connectivity index (χ4n) is 9.23. The van der Waals surface area contributed by atoms with Gasteiger partial charge in [0.15, 0.2) is 5.82 Å². The number of anilines is 2. The van der Waals surface area contributed by atoms with Gasteiger partial charge in [-0.05, 0) is 93.5 Å². The quantitative estimate of drug-likeness (QED) is 0.0838. The zero-order valence-corrected chi connectivity index (χ0v) is 35.9. The van der Waals surface area contributed by atoms with Crippen molar-refractivity contribution in [2.75, 3.05) is 31.5 Å². The predicted molar refractivity (Wildman–Crippen MR) is 236 cm³/mol. The van der Waals surface area contributed by atoms with E-state index in [4.69, 9.17) is 37.6 Å². The van der Waals surface area contributed by atoms with E-state index in [0.29, 0.717) is 108 Å². The number of aromatic nitrogens is 3. The van der Waals surface area contributed by atoms with Gasteiger partial charge in [-0.2, -0.15) is 0 Å². The molecule has 3 N–H and O–H groups in total. The minimum atomic E-state index is -3.76. The Morgan fingerprint density at radius 3 is 2.55 bits per heavy atom. The average Bonchev–Trinajstić information content (AvgIpc) is 3.70. The van der Waals surface area contributed by atoms with E-state index in [0.717, 1.165) is 29.5 Å². The van der Waals surface area contributed by atoms with Crippen LogP contribution in [0.15, 0.2) is 71.4 Å². The van der Waals surface area contributed by atoms with Gasteiger partial charge in [-0.25, -0.2) is 18.4 Å². The topological polar surface area (TPSA) is 197 Å². The van der Waals surface area contributed by atoms with Gasteiger partial charge in [0.1, 0.15) is 11.0 Å². The lowest BCUT2D eigenvalue weighted by molar-refractivity contribution is -0.384. The first-order chi connectivity index (χ1) is 29.8. The smallest absolute Gasteiger partial charge is 0.317 e. The molecule has 6 aromatic rings. The molecule has 0 spiro atoms. The highest BCUT2D eigenvalue weighted by Gasteiger charge is 2.51. The molecular formula is C44H42Cl2N8O7S. The summed E-state index contributed by atoms with van der Waals surface area (Å²) in [6, 6.07) is 16.5. The number of rotatable bonds is 11. The molecule has 10 rings (SSSR count). The second-order valence-electron chi connectivity index (χ2n) is 17.1. The second kappa shape index (κ2) is 15.5. The predicted octanol–water partition coefficient (Wildman–Crippen LogP) is 7.94. The van der Waals surface area contributed by atoms with Crippen LogP contribution in [0.25, 0.3) is 44.6 Å². The summed E-state index contributed by atoms with van der Waals surface area (Å²) in [5.74, 6) is -0.393. The monoisotopic (exact) mass is 896 g/mol. The number of halogens is 2. The number of carbonyl (C=O) groups is 1. The van der Waals surface area contributed by atoms with Crippen LogP contribution < -0.4 is 10.0 Å². The summed E-state index contributed by atoms with van der Waals surface area (Å²) in [5, 5.41) is 27.6. The number of likely N-dealkylation sites (tertiary alicyclic amines) is 2. The van der Waals surface area contributed by atoms with Crippen molar-refractivity contribution < 1.29 is 27.7 Å². The molecule has 5 heterocycles. The Morgan fingerprint density at radius 2 is 1.79 bits per heavy atom. The third kappa shape index (κ3) is 7.25. The number of hydrogen-bond donors (Lipinski definition) is 3. The molecule has 0 unspecified atom stereocenters. The van der Waals surface area contributed by atoms with Gasteiger partial charge in [0.2, 0.25) is 27.4 Å².